The smallest absolute Gasteiger partial charge is 0.0738 e. The second-order valence-electron chi connectivity index (χ2n) is 4.74. The first kappa shape index (κ1) is 15.7. The van der Waals surface area contributed by atoms with E-state index in [0.29, 0.717) is 6.04 Å². The fraction of sp³-hybridized carbons (Fsp3) is 0.786. The van der Waals surface area contributed by atoms with Gasteiger partial charge in [-0.1, -0.05) is 20.3 Å². The Balaban J connectivity index is 2.66. The molecular formula is C14H26BrN3. The van der Waals surface area contributed by atoms with Crippen molar-refractivity contribution in [3.8, 4) is 0 Å². The predicted octanol–water partition coefficient (Wildman–Crippen LogP) is 3.68. The summed E-state index contributed by atoms with van der Waals surface area (Å²) in [5.41, 5.74) is 2.44. The summed E-state index contributed by atoms with van der Waals surface area (Å²) < 4.78 is 3.31. The van der Waals surface area contributed by atoms with Crippen LogP contribution in [0, 0.1) is 6.92 Å². The van der Waals surface area contributed by atoms with Crippen molar-refractivity contribution < 1.29 is 0 Å². The van der Waals surface area contributed by atoms with Crippen LogP contribution in [0.15, 0.2) is 4.47 Å². The van der Waals surface area contributed by atoms with E-state index in [2.05, 4.69) is 58.7 Å². The molecule has 1 N–H and O–H groups in total. The van der Waals surface area contributed by atoms with E-state index in [0.717, 1.165) is 25.2 Å². The number of halogens is 1. The van der Waals surface area contributed by atoms with Gasteiger partial charge in [-0.25, -0.2) is 0 Å². The molecule has 0 saturated heterocycles. The van der Waals surface area contributed by atoms with Gasteiger partial charge in [-0.2, -0.15) is 5.10 Å². The minimum Gasteiger partial charge on any atom is -0.314 e. The second-order valence-corrected chi connectivity index (χ2v) is 5.54. The molecule has 1 rings (SSSR count). The summed E-state index contributed by atoms with van der Waals surface area (Å²) in [6.07, 6.45) is 4.77. The van der Waals surface area contributed by atoms with Gasteiger partial charge in [-0.05, 0) is 55.6 Å². The van der Waals surface area contributed by atoms with Crippen LogP contribution in [0.25, 0.3) is 0 Å². The lowest BCUT2D eigenvalue weighted by Gasteiger charge is -2.17. The van der Waals surface area contributed by atoms with E-state index in [1.54, 1.807) is 0 Å². The largest absolute Gasteiger partial charge is 0.314 e. The van der Waals surface area contributed by atoms with Gasteiger partial charge in [0, 0.05) is 12.6 Å². The molecule has 0 amide bonds. The molecule has 0 saturated carbocycles. The Hall–Kier alpha value is -0.350. The molecule has 3 nitrogen and oxygen atoms in total. The van der Waals surface area contributed by atoms with Gasteiger partial charge < -0.3 is 5.32 Å². The third-order valence-electron chi connectivity index (χ3n) is 3.31. The van der Waals surface area contributed by atoms with E-state index in [1.807, 2.05) is 0 Å². The monoisotopic (exact) mass is 315 g/mol. The fourth-order valence-electron chi connectivity index (χ4n) is 2.40. The first-order valence-corrected chi connectivity index (χ1v) is 7.88. The molecule has 18 heavy (non-hydrogen) atoms. The van der Waals surface area contributed by atoms with Gasteiger partial charge in [-0.3, -0.25) is 4.68 Å². The number of rotatable bonds is 8. The van der Waals surface area contributed by atoms with Crippen molar-refractivity contribution in [2.45, 2.75) is 66.0 Å². The molecule has 1 aromatic rings. The molecule has 0 aromatic carbocycles. The van der Waals surface area contributed by atoms with Gasteiger partial charge in [0.25, 0.3) is 0 Å². The molecule has 0 spiro atoms. The Labute approximate surface area is 119 Å². The van der Waals surface area contributed by atoms with Crippen LogP contribution in [-0.4, -0.2) is 22.4 Å². The van der Waals surface area contributed by atoms with Crippen LogP contribution in [0.4, 0.5) is 0 Å². The molecule has 0 fully saturated rings. The Bertz CT molecular complexity index is 354. The predicted molar refractivity (Wildman–Crippen MR) is 81.0 cm³/mol. The van der Waals surface area contributed by atoms with Gasteiger partial charge in [0.05, 0.1) is 15.9 Å². The highest BCUT2D eigenvalue weighted by Crippen LogP contribution is 2.23. The van der Waals surface area contributed by atoms with Crippen molar-refractivity contribution in [1.29, 1.82) is 0 Å². The average molecular weight is 316 g/mol. The molecule has 104 valence electrons. The van der Waals surface area contributed by atoms with Crippen molar-refractivity contribution in [3.63, 3.8) is 0 Å². The molecule has 0 aliphatic rings. The molecular weight excluding hydrogens is 290 g/mol. The van der Waals surface area contributed by atoms with E-state index in [-0.39, 0.29) is 0 Å². The molecule has 1 heterocycles. The van der Waals surface area contributed by atoms with E-state index in [1.165, 1.54) is 29.4 Å². The fourth-order valence-corrected chi connectivity index (χ4v) is 2.89. The highest BCUT2D eigenvalue weighted by molar-refractivity contribution is 9.10. The summed E-state index contributed by atoms with van der Waals surface area (Å²) in [7, 11) is 0. The zero-order valence-corrected chi connectivity index (χ0v) is 13.7. The van der Waals surface area contributed by atoms with Crippen LogP contribution in [0.2, 0.25) is 0 Å². The maximum Gasteiger partial charge on any atom is 0.0738 e. The molecule has 0 aliphatic carbocycles. The van der Waals surface area contributed by atoms with Crippen molar-refractivity contribution in [2.75, 3.05) is 6.54 Å². The maximum absolute atomic E-state index is 4.55. The minimum atomic E-state index is 0.632. The molecule has 1 atom stereocenters. The van der Waals surface area contributed by atoms with E-state index in [9.17, 15) is 0 Å². The summed E-state index contributed by atoms with van der Waals surface area (Å²) in [5.74, 6) is 0. The number of nitrogens with zero attached hydrogens (tertiary/aromatic N) is 2. The van der Waals surface area contributed by atoms with E-state index in [4.69, 9.17) is 0 Å². The van der Waals surface area contributed by atoms with Gasteiger partial charge in [0.15, 0.2) is 0 Å². The highest BCUT2D eigenvalue weighted by atomic mass is 79.9. The van der Waals surface area contributed by atoms with Crippen LogP contribution in [0.1, 0.15) is 51.4 Å². The van der Waals surface area contributed by atoms with Crippen LogP contribution in [-0.2, 0) is 13.0 Å². The molecule has 1 aromatic heterocycles. The van der Waals surface area contributed by atoms with Crippen molar-refractivity contribution in [1.82, 2.24) is 15.1 Å². The SMILES string of the molecule is CCCC(CCc1c(Br)c(C)nn1CC)NCC. The lowest BCUT2D eigenvalue weighted by Crippen LogP contribution is -2.29. The first-order chi connectivity index (χ1) is 8.63. The van der Waals surface area contributed by atoms with E-state index >= 15 is 0 Å². The third-order valence-corrected chi connectivity index (χ3v) is 4.34. The average Bonchev–Trinajstić information content (AvgIpc) is 2.63. The number of hydrogen-bond acceptors (Lipinski definition) is 2. The second kappa shape index (κ2) is 7.95. The zero-order chi connectivity index (χ0) is 13.5. The molecule has 4 heteroatoms. The maximum atomic E-state index is 4.55. The Morgan fingerprint density at radius 1 is 1.28 bits per heavy atom. The number of nitrogens with one attached hydrogen (secondary N) is 1. The van der Waals surface area contributed by atoms with Gasteiger partial charge in [0.2, 0.25) is 0 Å². The van der Waals surface area contributed by atoms with Crippen molar-refractivity contribution in [2.24, 2.45) is 0 Å². The van der Waals surface area contributed by atoms with Gasteiger partial charge in [-0.15, -0.1) is 0 Å². The summed E-state index contributed by atoms with van der Waals surface area (Å²) in [6.45, 7) is 10.6. The summed E-state index contributed by atoms with van der Waals surface area (Å²) in [6, 6.07) is 0.632. The number of aryl methyl sites for hydroxylation is 2. The Morgan fingerprint density at radius 3 is 2.56 bits per heavy atom. The molecule has 0 radical (unpaired) electrons. The third kappa shape index (κ3) is 4.09. The molecule has 0 bridgehead atoms. The van der Waals surface area contributed by atoms with Crippen LogP contribution in [0.3, 0.4) is 0 Å². The van der Waals surface area contributed by atoms with Gasteiger partial charge >= 0.3 is 0 Å². The summed E-state index contributed by atoms with van der Waals surface area (Å²) >= 11 is 3.67. The van der Waals surface area contributed by atoms with Crippen molar-refractivity contribution in [3.05, 3.63) is 15.9 Å². The van der Waals surface area contributed by atoms with Crippen LogP contribution < -0.4 is 5.32 Å². The number of hydrogen-bond donors (Lipinski definition) is 1. The van der Waals surface area contributed by atoms with E-state index < -0.39 is 0 Å². The zero-order valence-electron chi connectivity index (χ0n) is 12.1. The molecule has 0 aliphatic heterocycles. The Kier molecular flexibility index (Phi) is 6.94. The van der Waals surface area contributed by atoms with Crippen LogP contribution in [0.5, 0.6) is 0 Å². The summed E-state index contributed by atoms with van der Waals surface area (Å²) in [5, 5.41) is 8.12. The normalized spacial score (nSPS) is 12.9. The lowest BCUT2D eigenvalue weighted by molar-refractivity contribution is 0.451. The standard InChI is InChI=1S/C14H26BrN3/c1-5-8-12(16-6-2)9-10-13-14(15)11(4)17-18(13)7-3/h12,16H,5-10H2,1-4H3. The molecule has 1 unspecified atom stereocenters. The number of aromatic nitrogens is 2. The lowest BCUT2D eigenvalue weighted by atomic mass is 10.0. The van der Waals surface area contributed by atoms with Crippen LogP contribution >= 0.6 is 15.9 Å². The van der Waals surface area contributed by atoms with Crippen molar-refractivity contribution >= 4 is 15.9 Å². The topological polar surface area (TPSA) is 29.9 Å². The van der Waals surface area contributed by atoms with Gasteiger partial charge in [0.1, 0.15) is 0 Å². The first-order valence-electron chi connectivity index (χ1n) is 7.09. The summed E-state index contributed by atoms with van der Waals surface area (Å²) in [4.78, 5) is 0. The minimum absolute atomic E-state index is 0.632. The Morgan fingerprint density at radius 2 is 2.00 bits per heavy atom. The quantitative estimate of drug-likeness (QED) is 0.793. The highest BCUT2D eigenvalue weighted by Gasteiger charge is 2.14.